The molecule has 2 rings (SSSR count). The zero-order valence-electron chi connectivity index (χ0n) is 7.59. The summed E-state index contributed by atoms with van der Waals surface area (Å²) >= 11 is 0. The highest BCUT2D eigenvalue weighted by molar-refractivity contribution is 5.20. The Kier molecular flexibility index (Phi) is 2.20. The van der Waals surface area contributed by atoms with Gasteiger partial charge in [-0.05, 0) is 25.8 Å². The second-order valence-electron chi connectivity index (χ2n) is 3.81. The molecule has 1 saturated heterocycles. The Morgan fingerprint density at radius 3 is 3.25 bits per heavy atom. The fraction of sp³-hybridized carbons (Fsp3) is 0.800. The lowest BCUT2D eigenvalue weighted by molar-refractivity contribution is 0.0757. The third kappa shape index (κ3) is 1.19. The number of hydrogen-bond donors (Lipinski definition) is 2. The minimum absolute atomic E-state index is 0.0926. The van der Waals surface area contributed by atoms with Gasteiger partial charge >= 0.3 is 0 Å². The van der Waals surface area contributed by atoms with Gasteiger partial charge in [-0.3, -0.25) is 0 Å². The molecular formula is C10H17NO. The van der Waals surface area contributed by atoms with Crippen molar-refractivity contribution in [1.29, 1.82) is 0 Å². The van der Waals surface area contributed by atoms with E-state index in [9.17, 15) is 5.11 Å². The third-order valence-electron chi connectivity index (χ3n) is 3.17. The minimum atomic E-state index is -0.0926. The van der Waals surface area contributed by atoms with Crippen LogP contribution in [0.4, 0.5) is 0 Å². The lowest BCUT2D eigenvalue weighted by Crippen LogP contribution is -2.46. The first-order valence-corrected chi connectivity index (χ1v) is 4.93. The quantitative estimate of drug-likeness (QED) is 0.572. The summed E-state index contributed by atoms with van der Waals surface area (Å²) in [4.78, 5) is 0. The lowest BCUT2D eigenvalue weighted by Gasteiger charge is -2.33. The van der Waals surface area contributed by atoms with Gasteiger partial charge in [-0.1, -0.05) is 18.6 Å². The number of nitrogens with one attached hydrogen (secondary N) is 1. The van der Waals surface area contributed by atoms with Crippen molar-refractivity contribution >= 4 is 0 Å². The smallest absolute Gasteiger partial charge is 0.0632 e. The Balaban J connectivity index is 2.12. The fourth-order valence-corrected chi connectivity index (χ4v) is 2.52. The third-order valence-corrected chi connectivity index (χ3v) is 3.17. The van der Waals surface area contributed by atoms with E-state index in [-0.39, 0.29) is 6.10 Å². The van der Waals surface area contributed by atoms with Crippen LogP contribution < -0.4 is 5.32 Å². The van der Waals surface area contributed by atoms with E-state index in [1.54, 1.807) is 0 Å². The average molecular weight is 167 g/mol. The predicted molar refractivity (Wildman–Crippen MR) is 48.9 cm³/mol. The van der Waals surface area contributed by atoms with Gasteiger partial charge in [0.1, 0.15) is 0 Å². The van der Waals surface area contributed by atoms with Crippen LogP contribution in [0, 0.1) is 5.92 Å². The van der Waals surface area contributed by atoms with Gasteiger partial charge in [0.15, 0.2) is 0 Å². The second-order valence-corrected chi connectivity index (χ2v) is 3.81. The number of rotatable bonds is 1. The Labute approximate surface area is 73.7 Å². The lowest BCUT2D eigenvalue weighted by atomic mass is 9.85. The molecule has 0 aromatic carbocycles. The van der Waals surface area contributed by atoms with Crippen molar-refractivity contribution in [3.8, 4) is 0 Å². The Bertz CT molecular complexity index is 200. The van der Waals surface area contributed by atoms with Gasteiger partial charge in [-0.2, -0.15) is 0 Å². The van der Waals surface area contributed by atoms with E-state index in [4.69, 9.17) is 0 Å². The predicted octanol–water partition coefficient (Wildman–Crippen LogP) is 1.07. The number of piperidine rings is 1. The normalized spacial score (nSPS) is 40.8. The van der Waals surface area contributed by atoms with Crippen molar-refractivity contribution < 1.29 is 5.11 Å². The molecule has 0 radical (unpaired) electrons. The number of aliphatic hydroxyl groups is 1. The van der Waals surface area contributed by atoms with Crippen molar-refractivity contribution in [2.24, 2.45) is 5.92 Å². The molecule has 1 fully saturated rings. The summed E-state index contributed by atoms with van der Waals surface area (Å²) in [5.74, 6) is 0.420. The van der Waals surface area contributed by atoms with Crippen molar-refractivity contribution in [1.82, 2.24) is 5.32 Å². The van der Waals surface area contributed by atoms with Crippen LogP contribution in [0.5, 0.6) is 0 Å². The topological polar surface area (TPSA) is 32.3 Å². The molecule has 1 aliphatic heterocycles. The zero-order chi connectivity index (χ0) is 8.55. The maximum Gasteiger partial charge on any atom is 0.0632 e. The standard InChI is InChI=1S/C10H17NO/c1-2-7-3-4-8-10(7)9(12)5-6-11-8/h3,8-12H,2,4-6H2,1H3/t8?,9-,10?/m0/s1. The molecule has 2 aliphatic rings. The van der Waals surface area contributed by atoms with Crippen molar-refractivity contribution in [3.63, 3.8) is 0 Å². The first kappa shape index (κ1) is 8.27. The van der Waals surface area contributed by atoms with Crippen LogP contribution in [0.1, 0.15) is 26.2 Å². The van der Waals surface area contributed by atoms with E-state index in [1.807, 2.05) is 0 Å². The molecule has 0 aromatic rings. The van der Waals surface area contributed by atoms with Crippen molar-refractivity contribution in [2.75, 3.05) is 6.54 Å². The molecule has 2 nitrogen and oxygen atoms in total. The highest BCUT2D eigenvalue weighted by Crippen LogP contribution is 2.34. The van der Waals surface area contributed by atoms with Crippen LogP contribution in [0.2, 0.25) is 0 Å². The largest absolute Gasteiger partial charge is 0.392 e. The number of hydrogen-bond acceptors (Lipinski definition) is 2. The highest BCUT2D eigenvalue weighted by atomic mass is 16.3. The van der Waals surface area contributed by atoms with Gasteiger partial charge in [-0.15, -0.1) is 0 Å². The summed E-state index contributed by atoms with van der Waals surface area (Å²) in [6, 6.07) is 0.531. The Morgan fingerprint density at radius 1 is 1.67 bits per heavy atom. The van der Waals surface area contributed by atoms with Crippen molar-refractivity contribution in [2.45, 2.75) is 38.3 Å². The molecule has 2 unspecified atom stereocenters. The molecular weight excluding hydrogens is 150 g/mol. The summed E-state index contributed by atoms with van der Waals surface area (Å²) in [6.45, 7) is 3.16. The van der Waals surface area contributed by atoms with Gasteiger partial charge in [0, 0.05) is 12.0 Å². The molecule has 0 amide bonds. The highest BCUT2D eigenvalue weighted by Gasteiger charge is 2.36. The molecule has 0 bridgehead atoms. The van der Waals surface area contributed by atoms with Crippen LogP contribution in [-0.4, -0.2) is 23.8 Å². The molecule has 2 heteroatoms. The van der Waals surface area contributed by atoms with Crippen LogP contribution in [0.15, 0.2) is 11.6 Å². The summed E-state index contributed by atoms with van der Waals surface area (Å²) < 4.78 is 0. The molecule has 0 aromatic heterocycles. The monoisotopic (exact) mass is 167 g/mol. The van der Waals surface area contributed by atoms with Crippen LogP contribution in [-0.2, 0) is 0 Å². The first-order valence-electron chi connectivity index (χ1n) is 4.93. The minimum Gasteiger partial charge on any atom is -0.392 e. The molecule has 0 saturated carbocycles. The number of aliphatic hydroxyl groups excluding tert-OH is 1. The molecule has 68 valence electrons. The molecule has 2 N–H and O–H groups in total. The van der Waals surface area contributed by atoms with Gasteiger partial charge in [0.25, 0.3) is 0 Å². The molecule has 0 spiro atoms. The van der Waals surface area contributed by atoms with Gasteiger partial charge in [-0.25, -0.2) is 0 Å². The van der Waals surface area contributed by atoms with Crippen LogP contribution in [0.25, 0.3) is 0 Å². The van der Waals surface area contributed by atoms with Gasteiger partial charge in [0.05, 0.1) is 6.10 Å². The Hall–Kier alpha value is -0.340. The first-order chi connectivity index (χ1) is 5.83. The van der Waals surface area contributed by atoms with E-state index in [1.165, 1.54) is 5.57 Å². The van der Waals surface area contributed by atoms with E-state index < -0.39 is 0 Å². The van der Waals surface area contributed by atoms with Crippen LogP contribution in [0.3, 0.4) is 0 Å². The summed E-state index contributed by atoms with van der Waals surface area (Å²) in [6.07, 6.45) is 5.34. The fourth-order valence-electron chi connectivity index (χ4n) is 2.52. The second kappa shape index (κ2) is 3.19. The van der Waals surface area contributed by atoms with E-state index in [0.29, 0.717) is 12.0 Å². The summed E-state index contributed by atoms with van der Waals surface area (Å²) in [5.41, 5.74) is 1.46. The van der Waals surface area contributed by atoms with Gasteiger partial charge in [0.2, 0.25) is 0 Å². The van der Waals surface area contributed by atoms with Crippen molar-refractivity contribution in [3.05, 3.63) is 11.6 Å². The maximum absolute atomic E-state index is 9.80. The molecule has 3 atom stereocenters. The van der Waals surface area contributed by atoms with Crippen LogP contribution >= 0.6 is 0 Å². The molecule has 1 aliphatic carbocycles. The van der Waals surface area contributed by atoms with Gasteiger partial charge < -0.3 is 10.4 Å². The zero-order valence-corrected chi connectivity index (χ0v) is 7.59. The average Bonchev–Trinajstić information content (AvgIpc) is 2.49. The molecule has 1 heterocycles. The Morgan fingerprint density at radius 2 is 2.50 bits per heavy atom. The SMILES string of the molecule is CCC1=CCC2NCC[C@H](O)C12. The summed E-state index contributed by atoms with van der Waals surface area (Å²) in [5, 5.41) is 13.3. The van der Waals surface area contributed by atoms with E-state index in [0.717, 1.165) is 25.8 Å². The van der Waals surface area contributed by atoms with E-state index in [2.05, 4.69) is 18.3 Å². The molecule has 12 heavy (non-hydrogen) atoms. The number of fused-ring (bicyclic) bond motifs is 1. The summed E-state index contributed by atoms with van der Waals surface area (Å²) in [7, 11) is 0. The maximum atomic E-state index is 9.80. The van der Waals surface area contributed by atoms with E-state index >= 15 is 0 Å².